The smallest absolute Gasteiger partial charge is 0.336 e. The van der Waals surface area contributed by atoms with E-state index in [9.17, 15) is 14.7 Å². The van der Waals surface area contributed by atoms with E-state index in [-0.39, 0.29) is 11.3 Å². The Morgan fingerprint density at radius 2 is 1.81 bits per heavy atom. The molecule has 0 saturated heterocycles. The number of carboxylic acid groups (broad SMARTS) is 1. The molecule has 0 amide bonds. The molecule has 2 aromatic carbocycles. The van der Waals surface area contributed by atoms with Crippen molar-refractivity contribution in [1.82, 2.24) is 9.13 Å². The molecule has 0 spiro atoms. The number of hydrogen-bond acceptors (Lipinski definition) is 2. The lowest BCUT2D eigenvalue weighted by molar-refractivity contribution is 0.0697. The van der Waals surface area contributed by atoms with Gasteiger partial charge in [0.15, 0.2) is 0 Å². The third-order valence-electron chi connectivity index (χ3n) is 5.31. The van der Waals surface area contributed by atoms with Crippen LogP contribution < -0.4 is 5.69 Å². The van der Waals surface area contributed by atoms with Crippen LogP contribution in [0.2, 0.25) is 0 Å². The highest BCUT2D eigenvalue weighted by atomic mass is 16.4. The van der Waals surface area contributed by atoms with E-state index in [1.165, 1.54) is 0 Å². The van der Waals surface area contributed by atoms with Crippen molar-refractivity contribution in [2.24, 2.45) is 5.92 Å². The summed E-state index contributed by atoms with van der Waals surface area (Å²) in [5.41, 5.74) is 3.69. The highest BCUT2D eigenvalue weighted by Gasteiger charge is 2.13. The highest BCUT2D eigenvalue weighted by Crippen LogP contribution is 2.24. The van der Waals surface area contributed by atoms with E-state index in [1.54, 1.807) is 21.3 Å². The van der Waals surface area contributed by atoms with Crippen molar-refractivity contribution in [3.8, 4) is 11.1 Å². The number of carboxylic acids is 1. The van der Waals surface area contributed by atoms with Gasteiger partial charge in [0, 0.05) is 12.7 Å². The molecule has 1 N–H and O–H groups in total. The lowest BCUT2D eigenvalue weighted by atomic mass is 9.99. The minimum Gasteiger partial charge on any atom is -0.478 e. The summed E-state index contributed by atoms with van der Waals surface area (Å²) in [4.78, 5) is 24.5. The van der Waals surface area contributed by atoms with Crippen molar-refractivity contribution in [1.29, 1.82) is 0 Å². The maximum Gasteiger partial charge on any atom is 0.336 e. The van der Waals surface area contributed by atoms with Gasteiger partial charge in [-0.05, 0) is 47.6 Å². The molecule has 5 heteroatoms. The number of benzene rings is 2. The van der Waals surface area contributed by atoms with Gasteiger partial charge in [-0.1, -0.05) is 69.3 Å². The normalized spacial score (nSPS) is 11.5. The molecule has 0 unspecified atom stereocenters. The second-order valence-corrected chi connectivity index (χ2v) is 8.16. The third kappa shape index (κ3) is 5.43. The zero-order chi connectivity index (χ0) is 22.4. The first-order valence-corrected chi connectivity index (χ1v) is 10.8. The van der Waals surface area contributed by atoms with Gasteiger partial charge in [0.05, 0.1) is 17.8 Å². The molecule has 0 atom stereocenters. The average molecular weight is 419 g/mol. The quantitative estimate of drug-likeness (QED) is 0.497. The van der Waals surface area contributed by atoms with Crippen molar-refractivity contribution in [2.75, 3.05) is 0 Å². The number of hydrogen-bond donors (Lipinski definition) is 1. The van der Waals surface area contributed by atoms with Crippen LogP contribution in [0.25, 0.3) is 17.2 Å². The lowest BCUT2D eigenvalue weighted by Crippen LogP contribution is -2.25. The Kier molecular flexibility index (Phi) is 7.29. The predicted octanol–water partition coefficient (Wildman–Crippen LogP) is 5.53. The molecule has 5 nitrogen and oxygen atoms in total. The fourth-order valence-electron chi connectivity index (χ4n) is 3.53. The zero-order valence-electron chi connectivity index (χ0n) is 18.4. The van der Waals surface area contributed by atoms with Crippen molar-refractivity contribution >= 4 is 12.0 Å². The van der Waals surface area contributed by atoms with Crippen molar-refractivity contribution in [3.05, 3.63) is 88.1 Å². The van der Waals surface area contributed by atoms with E-state index in [1.807, 2.05) is 48.7 Å². The Balaban J connectivity index is 1.89. The molecule has 0 saturated carbocycles. The largest absolute Gasteiger partial charge is 0.478 e. The van der Waals surface area contributed by atoms with Crippen LogP contribution >= 0.6 is 0 Å². The fourth-order valence-corrected chi connectivity index (χ4v) is 3.53. The van der Waals surface area contributed by atoms with E-state index >= 15 is 0 Å². The summed E-state index contributed by atoms with van der Waals surface area (Å²) in [6.07, 6.45) is 7.87. The molecule has 0 aliphatic heterocycles. The van der Waals surface area contributed by atoms with E-state index in [0.717, 1.165) is 29.7 Å². The molecule has 3 rings (SSSR count). The van der Waals surface area contributed by atoms with Crippen molar-refractivity contribution < 1.29 is 9.90 Å². The average Bonchev–Trinajstić information content (AvgIpc) is 3.06. The van der Waals surface area contributed by atoms with Gasteiger partial charge in [0.25, 0.3) is 0 Å². The molecular weight excluding hydrogens is 388 g/mol. The minimum absolute atomic E-state index is 0.00305. The highest BCUT2D eigenvalue weighted by molar-refractivity contribution is 5.95. The maximum atomic E-state index is 13.0. The topological polar surface area (TPSA) is 64.2 Å². The van der Waals surface area contributed by atoms with Crippen LogP contribution in [-0.2, 0) is 13.1 Å². The van der Waals surface area contributed by atoms with Crippen LogP contribution in [0, 0.1) is 5.92 Å². The van der Waals surface area contributed by atoms with Crippen LogP contribution in [0.4, 0.5) is 0 Å². The van der Waals surface area contributed by atoms with E-state index in [4.69, 9.17) is 0 Å². The maximum absolute atomic E-state index is 13.0. The van der Waals surface area contributed by atoms with E-state index in [2.05, 4.69) is 26.8 Å². The molecule has 3 aromatic rings. The van der Waals surface area contributed by atoms with Crippen LogP contribution in [-0.4, -0.2) is 20.2 Å². The Morgan fingerprint density at radius 1 is 1.10 bits per heavy atom. The lowest BCUT2D eigenvalue weighted by Gasteiger charge is -2.09. The summed E-state index contributed by atoms with van der Waals surface area (Å²) in [7, 11) is 0. The second kappa shape index (κ2) is 10.1. The molecule has 0 aliphatic carbocycles. The Hall–Kier alpha value is -3.34. The SMILES string of the molecule is CC/C=C/c1cn(CCC(C)C)c(=O)n1Cc1ccc(-c2ccccc2C(=O)O)cc1. The first-order chi connectivity index (χ1) is 14.9. The monoisotopic (exact) mass is 418 g/mol. The molecule has 0 bridgehead atoms. The summed E-state index contributed by atoms with van der Waals surface area (Å²) < 4.78 is 3.60. The first-order valence-electron chi connectivity index (χ1n) is 10.8. The summed E-state index contributed by atoms with van der Waals surface area (Å²) >= 11 is 0. The predicted molar refractivity (Wildman–Crippen MR) is 125 cm³/mol. The molecule has 162 valence electrons. The summed E-state index contributed by atoms with van der Waals surface area (Å²) in [6, 6.07) is 14.7. The van der Waals surface area contributed by atoms with Gasteiger partial charge in [0.1, 0.15) is 0 Å². The Morgan fingerprint density at radius 3 is 2.45 bits per heavy atom. The van der Waals surface area contributed by atoms with Gasteiger partial charge in [-0.3, -0.25) is 9.13 Å². The van der Waals surface area contributed by atoms with Gasteiger partial charge < -0.3 is 5.11 Å². The number of imidazole rings is 1. The van der Waals surface area contributed by atoms with Gasteiger partial charge in [-0.15, -0.1) is 0 Å². The number of rotatable bonds is 9. The number of aromatic nitrogens is 2. The van der Waals surface area contributed by atoms with Gasteiger partial charge in [-0.2, -0.15) is 0 Å². The Bertz CT molecular complexity index is 1120. The van der Waals surface area contributed by atoms with Crippen molar-refractivity contribution in [3.63, 3.8) is 0 Å². The number of aromatic carboxylic acids is 1. The molecular formula is C26H30N2O3. The third-order valence-corrected chi connectivity index (χ3v) is 5.31. The molecule has 0 fully saturated rings. The molecule has 31 heavy (non-hydrogen) atoms. The van der Waals surface area contributed by atoms with Gasteiger partial charge in [-0.25, -0.2) is 9.59 Å². The standard InChI is InChI=1S/C26H30N2O3/c1-4-5-8-22-18-27(16-15-19(2)3)26(31)28(22)17-20-11-13-21(14-12-20)23-9-6-7-10-24(23)25(29)30/h5-14,18-19H,4,15-17H2,1-3H3,(H,29,30)/b8-5+. The fraction of sp³-hybridized carbons (Fsp3) is 0.308. The molecule has 0 aliphatic rings. The molecule has 1 heterocycles. The van der Waals surface area contributed by atoms with E-state index < -0.39 is 5.97 Å². The molecule has 0 radical (unpaired) electrons. The zero-order valence-corrected chi connectivity index (χ0v) is 18.4. The number of nitrogens with zero attached hydrogens (tertiary/aromatic N) is 2. The van der Waals surface area contributed by atoms with Gasteiger partial charge in [0.2, 0.25) is 0 Å². The number of allylic oxidation sites excluding steroid dienone is 1. The van der Waals surface area contributed by atoms with E-state index in [0.29, 0.717) is 24.6 Å². The van der Waals surface area contributed by atoms with Crippen LogP contribution in [0.1, 0.15) is 55.2 Å². The first kappa shape index (κ1) is 22.3. The number of aryl methyl sites for hydroxylation is 1. The van der Waals surface area contributed by atoms with Crippen LogP contribution in [0.3, 0.4) is 0 Å². The van der Waals surface area contributed by atoms with Crippen LogP contribution in [0.5, 0.6) is 0 Å². The van der Waals surface area contributed by atoms with Crippen LogP contribution in [0.15, 0.2) is 65.6 Å². The summed E-state index contributed by atoms with van der Waals surface area (Å²) in [6.45, 7) is 7.56. The summed E-state index contributed by atoms with van der Waals surface area (Å²) in [5.74, 6) is -0.410. The van der Waals surface area contributed by atoms with Crippen molar-refractivity contribution in [2.45, 2.75) is 46.7 Å². The molecule has 1 aromatic heterocycles. The number of carbonyl (C=O) groups is 1. The second-order valence-electron chi connectivity index (χ2n) is 8.16. The Labute approximate surface area is 183 Å². The van der Waals surface area contributed by atoms with Gasteiger partial charge >= 0.3 is 11.7 Å². The summed E-state index contributed by atoms with van der Waals surface area (Å²) in [5, 5.41) is 9.44. The minimum atomic E-state index is -0.943.